The molecule has 0 spiro atoms. The lowest BCUT2D eigenvalue weighted by atomic mass is 10.0. The summed E-state index contributed by atoms with van der Waals surface area (Å²) in [5, 5.41) is 3.16. The van der Waals surface area contributed by atoms with Crippen LogP contribution in [-0.4, -0.2) is 20.2 Å². The van der Waals surface area contributed by atoms with E-state index in [0.717, 1.165) is 37.1 Å². The Balaban J connectivity index is 0.00000211. The molecule has 22 heavy (non-hydrogen) atoms. The lowest BCUT2D eigenvalue weighted by Crippen LogP contribution is -2.06. The van der Waals surface area contributed by atoms with Crippen molar-refractivity contribution in [1.29, 1.82) is 0 Å². The molecule has 0 atom stereocenters. The molecule has 0 aliphatic carbocycles. The third-order valence-corrected chi connectivity index (χ3v) is 2.96. The van der Waals surface area contributed by atoms with Gasteiger partial charge in [-0.25, -0.2) is 0 Å². The normalized spacial score (nSPS) is 10.4. The Labute approximate surface area is 136 Å². The molecule has 0 saturated carbocycles. The van der Waals surface area contributed by atoms with E-state index in [1.54, 1.807) is 0 Å². The molecular weight excluding hydrogens is 270 g/mol. The molecule has 0 unspecified atom stereocenters. The van der Waals surface area contributed by atoms with Crippen LogP contribution in [0.25, 0.3) is 5.57 Å². The van der Waals surface area contributed by atoms with Crippen molar-refractivity contribution in [3.8, 4) is 5.75 Å². The SMILES string of the molecule is C=CCCOc1ccccc1/C(=C\CCNC)CC=C.CC. The highest BCUT2D eigenvalue weighted by molar-refractivity contribution is 5.71. The highest BCUT2D eigenvalue weighted by atomic mass is 16.5. The summed E-state index contributed by atoms with van der Waals surface area (Å²) in [7, 11) is 1.97. The Morgan fingerprint density at radius 2 is 1.86 bits per heavy atom. The predicted octanol–water partition coefficient (Wildman–Crippen LogP) is 5.24. The van der Waals surface area contributed by atoms with Gasteiger partial charge >= 0.3 is 0 Å². The Morgan fingerprint density at radius 1 is 1.14 bits per heavy atom. The molecule has 2 heteroatoms. The lowest BCUT2D eigenvalue weighted by molar-refractivity contribution is 0.324. The van der Waals surface area contributed by atoms with Crippen molar-refractivity contribution in [2.45, 2.75) is 33.1 Å². The van der Waals surface area contributed by atoms with Crippen molar-refractivity contribution in [2.75, 3.05) is 20.2 Å². The van der Waals surface area contributed by atoms with E-state index in [9.17, 15) is 0 Å². The molecule has 1 aromatic carbocycles. The summed E-state index contributed by atoms with van der Waals surface area (Å²) in [6.07, 6.45) is 8.77. The largest absolute Gasteiger partial charge is 0.493 e. The first-order valence-electron chi connectivity index (χ1n) is 8.11. The van der Waals surface area contributed by atoms with Gasteiger partial charge in [0.15, 0.2) is 0 Å². The van der Waals surface area contributed by atoms with Crippen LogP contribution >= 0.6 is 0 Å². The number of allylic oxidation sites excluding steroid dienone is 2. The van der Waals surface area contributed by atoms with Gasteiger partial charge in [0.05, 0.1) is 6.61 Å². The summed E-state index contributed by atoms with van der Waals surface area (Å²) in [6, 6.07) is 8.18. The lowest BCUT2D eigenvalue weighted by Gasteiger charge is -2.13. The zero-order valence-corrected chi connectivity index (χ0v) is 14.4. The first-order chi connectivity index (χ1) is 10.8. The van der Waals surface area contributed by atoms with Crippen molar-refractivity contribution >= 4 is 5.57 Å². The molecule has 0 heterocycles. The maximum absolute atomic E-state index is 5.85. The molecule has 0 saturated heterocycles. The second kappa shape index (κ2) is 14.2. The van der Waals surface area contributed by atoms with Gasteiger partial charge < -0.3 is 10.1 Å². The predicted molar refractivity (Wildman–Crippen MR) is 99.4 cm³/mol. The average Bonchev–Trinajstić information content (AvgIpc) is 2.57. The topological polar surface area (TPSA) is 21.3 Å². The number of benzene rings is 1. The first kappa shape index (κ1) is 20.2. The molecule has 2 nitrogen and oxygen atoms in total. The van der Waals surface area contributed by atoms with Crippen LogP contribution < -0.4 is 10.1 Å². The molecule has 0 amide bonds. The maximum Gasteiger partial charge on any atom is 0.126 e. The number of rotatable bonds is 10. The molecule has 1 N–H and O–H groups in total. The first-order valence-corrected chi connectivity index (χ1v) is 8.11. The third-order valence-electron chi connectivity index (χ3n) is 2.96. The minimum atomic E-state index is 0.665. The van der Waals surface area contributed by atoms with E-state index in [-0.39, 0.29) is 0 Å². The van der Waals surface area contributed by atoms with Gasteiger partial charge in [-0.3, -0.25) is 0 Å². The van der Waals surface area contributed by atoms with E-state index in [2.05, 4.69) is 30.6 Å². The van der Waals surface area contributed by atoms with Gasteiger partial charge in [0.1, 0.15) is 5.75 Å². The molecule has 0 aromatic heterocycles. The van der Waals surface area contributed by atoms with Crippen molar-refractivity contribution in [3.05, 3.63) is 61.2 Å². The van der Waals surface area contributed by atoms with Crippen molar-refractivity contribution in [2.24, 2.45) is 0 Å². The third kappa shape index (κ3) is 7.84. The number of hydrogen-bond donors (Lipinski definition) is 1. The molecule has 122 valence electrons. The molecule has 0 aliphatic rings. The highest BCUT2D eigenvalue weighted by Crippen LogP contribution is 2.29. The number of hydrogen-bond acceptors (Lipinski definition) is 2. The molecule has 0 fully saturated rings. The van der Waals surface area contributed by atoms with Crippen molar-refractivity contribution in [3.63, 3.8) is 0 Å². The van der Waals surface area contributed by atoms with Gasteiger partial charge in [-0.05, 0) is 44.5 Å². The number of nitrogens with one attached hydrogen (secondary N) is 1. The highest BCUT2D eigenvalue weighted by Gasteiger charge is 2.07. The van der Waals surface area contributed by atoms with Crippen LogP contribution in [0.1, 0.15) is 38.7 Å². The van der Waals surface area contributed by atoms with Crippen LogP contribution in [0.15, 0.2) is 55.7 Å². The van der Waals surface area contributed by atoms with Gasteiger partial charge in [-0.1, -0.05) is 50.3 Å². The Morgan fingerprint density at radius 3 is 2.50 bits per heavy atom. The van der Waals surface area contributed by atoms with E-state index < -0.39 is 0 Å². The molecule has 0 bridgehead atoms. The van der Waals surface area contributed by atoms with Crippen LogP contribution in [0.4, 0.5) is 0 Å². The minimum absolute atomic E-state index is 0.665. The van der Waals surface area contributed by atoms with Crippen LogP contribution in [0.5, 0.6) is 5.75 Å². The zero-order valence-electron chi connectivity index (χ0n) is 14.4. The van der Waals surface area contributed by atoms with Gasteiger partial charge in [0, 0.05) is 5.56 Å². The standard InChI is InChI=1S/C18H25NO.C2H6/c1-4-6-15-20-18-13-8-7-12-17(18)16(10-5-2)11-9-14-19-3;1-2/h4-5,7-8,11-13,19H,1-2,6,9-10,14-15H2,3H3;1-2H3/b16-11-;. The minimum Gasteiger partial charge on any atom is -0.493 e. The summed E-state index contributed by atoms with van der Waals surface area (Å²) in [6.45, 7) is 13.2. The van der Waals surface area contributed by atoms with E-state index in [4.69, 9.17) is 4.74 Å². The van der Waals surface area contributed by atoms with E-state index >= 15 is 0 Å². The number of ether oxygens (including phenoxy) is 1. The van der Waals surface area contributed by atoms with Crippen molar-refractivity contribution < 1.29 is 4.74 Å². The Hall–Kier alpha value is -1.80. The van der Waals surface area contributed by atoms with Crippen LogP contribution in [0.3, 0.4) is 0 Å². The Bertz CT molecular complexity index is 449. The maximum atomic E-state index is 5.85. The zero-order chi connectivity index (χ0) is 16.6. The summed E-state index contributed by atoms with van der Waals surface area (Å²) in [5.74, 6) is 0.937. The fourth-order valence-electron chi connectivity index (χ4n) is 1.96. The number of para-hydroxylation sites is 1. The summed E-state index contributed by atoms with van der Waals surface area (Å²) >= 11 is 0. The van der Waals surface area contributed by atoms with Gasteiger partial charge in [0.25, 0.3) is 0 Å². The second-order valence-electron chi connectivity index (χ2n) is 4.54. The van der Waals surface area contributed by atoms with E-state index in [1.807, 2.05) is 51.2 Å². The van der Waals surface area contributed by atoms with E-state index in [0.29, 0.717) is 6.61 Å². The van der Waals surface area contributed by atoms with Crippen LogP contribution in [-0.2, 0) is 0 Å². The van der Waals surface area contributed by atoms with Crippen LogP contribution in [0, 0.1) is 0 Å². The van der Waals surface area contributed by atoms with Gasteiger partial charge in [-0.2, -0.15) is 0 Å². The fourth-order valence-corrected chi connectivity index (χ4v) is 1.96. The quantitative estimate of drug-likeness (QED) is 0.471. The second-order valence-corrected chi connectivity index (χ2v) is 4.54. The summed E-state index contributed by atoms with van der Waals surface area (Å²) in [4.78, 5) is 0. The Kier molecular flexibility index (Phi) is 13.0. The summed E-state index contributed by atoms with van der Waals surface area (Å²) in [5.41, 5.74) is 2.43. The molecule has 1 rings (SSSR count). The summed E-state index contributed by atoms with van der Waals surface area (Å²) < 4.78 is 5.85. The fraction of sp³-hybridized carbons (Fsp3) is 0.400. The van der Waals surface area contributed by atoms with Gasteiger partial charge in [0.2, 0.25) is 0 Å². The van der Waals surface area contributed by atoms with Crippen LogP contribution in [0.2, 0.25) is 0 Å². The van der Waals surface area contributed by atoms with Crippen molar-refractivity contribution in [1.82, 2.24) is 5.32 Å². The molecule has 1 aromatic rings. The average molecular weight is 301 g/mol. The molecule has 0 radical (unpaired) electrons. The van der Waals surface area contributed by atoms with E-state index in [1.165, 1.54) is 5.57 Å². The monoisotopic (exact) mass is 301 g/mol. The molecule has 0 aliphatic heterocycles. The molecular formula is C20H31NO. The van der Waals surface area contributed by atoms with Gasteiger partial charge in [-0.15, -0.1) is 13.2 Å². The smallest absolute Gasteiger partial charge is 0.126 e.